The van der Waals surface area contributed by atoms with Gasteiger partial charge in [-0.25, -0.2) is 0 Å². The summed E-state index contributed by atoms with van der Waals surface area (Å²) in [5.41, 5.74) is 6.43. The molecule has 2 aromatic rings. The first-order valence-corrected chi connectivity index (χ1v) is 4.06. The highest BCUT2D eigenvalue weighted by molar-refractivity contribution is 5.63. The SMILES string of the molecule is Cc1noc(-c2ccc(N)c(O)c2)n1. The number of hydrogen-bond acceptors (Lipinski definition) is 5. The molecule has 5 nitrogen and oxygen atoms in total. The molecule has 0 radical (unpaired) electrons. The van der Waals surface area contributed by atoms with E-state index in [0.29, 0.717) is 23.0 Å². The number of aromatic hydroxyl groups is 1. The Morgan fingerprint density at radius 2 is 2.21 bits per heavy atom. The van der Waals surface area contributed by atoms with Crippen LogP contribution < -0.4 is 5.73 Å². The van der Waals surface area contributed by atoms with E-state index in [1.807, 2.05) is 0 Å². The molecule has 14 heavy (non-hydrogen) atoms. The second-order valence-corrected chi connectivity index (χ2v) is 2.92. The van der Waals surface area contributed by atoms with E-state index in [1.54, 1.807) is 19.1 Å². The van der Waals surface area contributed by atoms with Crippen molar-refractivity contribution in [2.75, 3.05) is 5.73 Å². The van der Waals surface area contributed by atoms with E-state index in [4.69, 9.17) is 10.3 Å². The van der Waals surface area contributed by atoms with Crippen molar-refractivity contribution in [2.45, 2.75) is 6.92 Å². The van der Waals surface area contributed by atoms with E-state index in [0.717, 1.165) is 0 Å². The average molecular weight is 191 g/mol. The standard InChI is InChI=1S/C9H9N3O2/c1-5-11-9(14-12-5)6-2-3-7(10)8(13)4-6/h2-4,13H,10H2,1H3. The van der Waals surface area contributed by atoms with Gasteiger partial charge in [0, 0.05) is 5.56 Å². The van der Waals surface area contributed by atoms with Gasteiger partial charge in [0.05, 0.1) is 5.69 Å². The van der Waals surface area contributed by atoms with Crippen molar-refractivity contribution in [3.8, 4) is 17.2 Å². The van der Waals surface area contributed by atoms with Gasteiger partial charge in [0.1, 0.15) is 5.75 Å². The third-order valence-corrected chi connectivity index (χ3v) is 1.80. The molecule has 0 atom stereocenters. The Morgan fingerprint density at radius 1 is 1.43 bits per heavy atom. The van der Waals surface area contributed by atoms with Crippen molar-refractivity contribution in [1.82, 2.24) is 10.1 Å². The first kappa shape index (κ1) is 8.55. The summed E-state index contributed by atoms with van der Waals surface area (Å²) in [5.74, 6) is 0.937. The molecule has 2 rings (SSSR count). The normalized spacial score (nSPS) is 10.4. The molecule has 0 fully saturated rings. The molecule has 0 aliphatic heterocycles. The van der Waals surface area contributed by atoms with Crippen LogP contribution in [-0.4, -0.2) is 15.2 Å². The molecule has 1 aromatic heterocycles. The molecule has 0 unspecified atom stereocenters. The monoisotopic (exact) mass is 191 g/mol. The van der Waals surface area contributed by atoms with Crippen LogP contribution in [0.4, 0.5) is 5.69 Å². The molecular formula is C9H9N3O2. The smallest absolute Gasteiger partial charge is 0.258 e. The third-order valence-electron chi connectivity index (χ3n) is 1.80. The van der Waals surface area contributed by atoms with Gasteiger partial charge in [0.15, 0.2) is 5.82 Å². The summed E-state index contributed by atoms with van der Waals surface area (Å²) in [4.78, 5) is 4.02. The van der Waals surface area contributed by atoms with E-state index in [9.17, 15) is 5.11 Å². The minimum atomic E-state index is 0.0124. The molecule has 0 bridgehead atoms. The number of nitrogen functional groups attached to an aromatic ring is 1. The topological polar surface area (TPSA) is 85.2 Å². The fraction of sp³-hybridized carbons (Fsp3) is 0.111. The van der Waals surface area contributed by atoms with Gasteiger partial charge in [-0.2, -0.15) is 4.98 Å². The van der Waals surface area contributed by atoms with Crippen LogP contribution in [0.5, 0.6) is 5.75 Å². The zero-order valence-corrected chi connectivity index (χ0v) is 7.56. The van der Waals surface area contributed by atoms with E-state index < -0.39 is 0 Å². The number of benzene rings is 1. The predicted octanol–water partition coefficient (Wildman–Crippen LogP) is 1.33. The van der Waals surface area contributed by atoms with Gasteiger partial charge < -0.3 is 15.4 Å². The summed E-state index contributed by atoms with van der Waals surface area (Å²) in [5, 5.41) is 13.0. The van der Waals surface area contributed by atoms with E-state index in [-0.39, 0.29) is 5.75 Å². The molecule has 72 valence electrons. The highest BCUT2D eigenvalue weighted by atomic mass is 16.5. The quantitative estimate of drug-likeness (QED) is 0.524. The van der Waals surface area contributed by atoms with Crippen LogP contribution in [-0.2, 0) is 0 Å². The number of phenolic OH excluding ortho intramolecular Hbond substituents is 1. The largest absolute Gasteiger partial charge is 0.506 e. The molecule has 0 saturated carbocycles. The second kappa shape index (κ2) is 3.02. The summed E-state index contributed by atoms with van der Waals surface area (Å²) >= 11 is 0. The van der Waals surface area contributed by atoms with E-state index >= 15 is 0 Å². The molecule has 0 spiro atoms. The minimum absolute atomic E-state index is 0.0124. The van der Waals surface area contributed by atoms with Crippen LogP contribution in [0.2, 0.25) is 0 Å². The maximum Gasteiger partial charge on any atom is 0.258 e. The first-order chi connectivity index (χ1) is 6.66. The lowest BCUT2D eigenvalue weighted by Gasteiger charge is -1.99. The van der Waals surface area contributed by atoms with Gasteiger partial charge in [-0.15, -0.1) is 0 Å². The number of aryl methyl sites for hydroxylation is 1. The maximum absolute atomic E-state index is 9.35. The van der Waals surface area contributed by atoms with Crippen LogP contribution in [0, 0.1) is 6.92 Å². The van der Waals surface area contributed by atoms with E-state index in [2.05, 4.69) is 10.1 Å². The average Bonchev–Trinajstić information content (AvgIpc) is 2.57. The summed E-state index contributed by atoms with van der Waals surface area (Å²) < 4.78 is 4.93. The van der Waals surface area contributed by atoms with Gasteiger partial charge in [-0.3, -0.25) is 0 Å². The minimum Gasteiger partial charge on any atom is -0.506 e. The molecule has 3 N–H and O–H groups in total. The molecule has 0 amide bonds. The van der Waals surface area contributed by atoms with Crippen molar-refractivity contribution < 1.29 is 9.63 Å². The molecule has 0 aliphatic carbocycles. The first-order valence-electron chi connectivity index (χ1n) is 4.06. The van der Waals surface area contributed by atoms with Crippen LogP contribution in [0.3, 0.4) is 0 Å². The van der Waals surface area contributed by atoms with Crippen molar-refractivity contribution in [1.29, 1.82) is 0 Å². The number of nitrogens with two attached hydrogens (primary N) is 1. The number of anilines is 1. The van der Waals surface area contributed by atoms with Crippen LogP contribution >= 0.6 is 0 Å². The number of rotatable bonds is 1. The van der Waals surface area contributed by atoms with Gasteiger partial charge in [0.25, 0.3) is 5.89 Å². The summed E-state index contributed by atoms with van der Waals surface area (Å²) in [6, 6.07) is 4.79. The molecule has 1 aromatic carbocycles. The lowest BCUT2D eigenvalue weighted by molar-refractivity contribution is 0.425. The van der Waals surface area contributed by atoms with Crippen LogP contribution in [0.1, 0.15) is 5.82 Å². The summed E-state index contributed by atoms with van der Waals surface area (Å²) in [6.07, 6.45) is 0. The zero-order valence-electron chi connectivity index (χ0n) is 7.56. The summed E-state index contributed by atoms with van der Waals surface area (Å²) in [7, 11) is 0. The fourth-order valence-electron chi connectivity index (χ4n) is 1.09. The Hall–Kier alpha value is -2.04. The molecular weight excluding hydrogens is 182 g/mol. The van der Waals surface area contributed by atoms with E-state index in [1.165, 1.54) is 6.07 Å². The number of phenols is 1. The van der Waals surface area contributed by atoms with Gasteiger partial charge >= 0.3 is 0 Å². The van der Waals surface area contributed by atoms with Crippen LogP contribution in [0.25, 0.3) is 11.5 Å². The fourth-order valence-corrected chi connectivity index (χ4v) is 1.09. The van der Waals surface area contributed by atoms with Gasteiger partial charge in [-0.1, -0.05) is 5.16 Å². The van der Waals surface area contributed by atoms with Crippen molar-refractivity contribution in [3.63, 3.8) is 0 Å². The number of hydrogen-bond donors (Lipinski definition) is 2. The van der Waals surface area contributed by atoms with Crippen LogP contribution in [0.15, 0.2) is 22.7 Å². The maximum atomic E-state index is 9.35. The Balaban J connectivity index is 2.47. The van der Waals surface area contributed by atoms with Gasteiger partial charge in [-0.05, 0) is 25.1 Å². The van der Waals surface area contributed by atoms with Crippen molar-refractivity contribution >= 4 is 5.69 Å². The molecule has 0 saturated heterocycles. The Labute approximate surface area is 80.2 Å². The Kier molecular flexibility index (Phi) is 1.85. The molecule has 5 heteroatoms. The lowest BCUT2D eigenvalue weighted by atomic mass is 10.2. The van der Waals surface area contributed by atoms with Crippen molar-refractivity contribution in [2.24, 2.45) is 0 Å². The van der Waals surface area contributed by atoms with Crippen molar-refractivity contribution in [3.05, 3.63) is 24.0 Å². The zero-order chi connectivity index (χ0) is 10.1. The Bertz CT molecular complexity index is 465. The molecule has 1 heterocycles. The number of aromatic nitrogens is 2. The predicted molar refractivity (Wildman–Crippen MR) is 50.5 cm³/mol. The highest BCUT2D eigenvalue weighted by Crippen LogP contribution is 2.26. The Morgan fingerprint density at radius 3 is 2.79 bits per heavy atom. The van der Waals surface area contributed by atoms with Gasteiger partial charge in [0.2, 0.25) is 0 Å². The second-order valence-electron chi connectivity index (χ2n) is 2.92. The molecule has 0 aliphatic rings. The third kappa shape index (κ3) is 1.39. The lowest BCUT2D eigenvalue weighted by Crippen LogP contribution is -1.86. The number of nitrogens with zero attached hydrogens (tertiary/aromatic N) is 2. The summed E-state index contributed by atoms with van der Waals surface area (Å²) in [6.45, 7) is 1.73. The highest BCUT2D eigenvalue weighted by Gasteiger charge is 2.07.